The Morgan fingerprint density at radius 3 is 2.71 bits per heavy atom. The molecule has 1 amide bonds. The molecular weight excluding hydrogens is 388 g/mol. The van der Waals surface area contributed by atoms with E-state index in [1.165, 1.54) is 33.6 Å². The number of carbonyl (C=O) groups is 1. The zero-order chi connectivity index (χ0) is 19.7. The van der Waals surface area contributed by atoms with Crippen LogP contribution in [0.1, 0.15) is 18.9 Å². The first-order valence-electron chi connectivity index (χ1n) is 9.39. The monoisotopic (exact) mass is 410 g/mol. The molecule has 1 saturated heterocycles. The van der Waals surface area contributed by atoms with Gasteiger partial charge in [0.15, 0.2) is 0 Å². The number of carbonyl (C=O) groups excluding carboxylic acids is 1. The molecule has 6 heteroatoms. The molecule has 0 saturated carbocycles. The Kier molecular flexibility index (Phi) is 5.53. The third-order valence-corrected chi connectivity index (χ3v) is 6.39. The maximum absolute atomic E-state index is 12.7. The van der Waals surface area contributed by atoms with Gasteiger partial charge in [-0.05, 0) is 43.2 Å². The van der Waals surface area contributed by atoms with Crippen LogP contribution in [-0.2, 0) is 16.1 Å². The Morgan fingerprint density at radius 1 is 1.14 bits per heavy atom. The van der Waals surface area contributed by atoms with Crippen LogP contribution in [0.4, 0.5) is 0 Å². The van der Waals surface area contributed by atoms with E-state index in [0.717, 1.165) is 18.5 Å². The van der Waals surface area contributed by atoms with Gasteiger partial charge < -0.3 is 9.30 Å². The summed E-state index contributed by atoms with van der Waals surface area (Å²) in [5.74, 6) is -0.0119. The molecule has 1 aliphatic heterocycles. The number of ether oxygens (including phenoxy) is 1. The molecule has 0 spiro atoms. The van der Waals surface area contributed by atoms with Crippen molar-refractivity contribution in [3.05, 3.63) is 52.9 Å². The molecule has 2 aromatic carbocycles. The molecule has 0 bridgehead atoms. The van der Waals surface area contributed by atoms with Gasteiger partial charge in [-0.25, -0.2) is 0 Å². The molecule has 28 heavy (non-hydrogen) atoms. The summed E-state index contributed by atoms with van der Waals surface area (Å²) in [6, 6.07) is 14.8. The smallest absolute Gasteiger partial charge is 0.266 e. The number of hydrogen-bond donors (Lipinski definition) is 0. The molecule has 144 valence electrons. The topological polar surface area (TPSA) is 34.5 Å². The first-order valence-corrected chi connectivity index (χ1v) is 10.6. The molecule has 3 aromatic rings. The van der Waals surface area contributed by atoms with E-state index < -0.39 is 0 Å². The number of fused-ring (bicyclic) bond motifs is 3. The normalized spacial score (nSPS) is 16.2. The fourth-order valence-corrected chi connectivity index (χ4v) is 5.02. The molecule has 0 aliphatic carbocycles. The van der Waals surface area contributed by atoms with E-state index in [2.05, 4.69) is 54.0 Å². The second kappa shape index (κ2) is 8.07. The molecule has 0 atom stereocenters. The quantitative estimate of drug-likeness (QED) is 0.323. The van der Waals surface area contributed by atoms with Crippen molar-refractivity contribution in [3.8, 4) is 0 Å². The van der Waals surface area contributed by atoms with Crippen LogP contribution in [0.25, 0.3) is 27.9 Å². The largest absolute Gasteiger partial charge is 0.385 e. The van der Waals surface area contributed by atoms with Gasteiger partial charge in [-0.15, -0.1) is 0 Å². The van der Waals surface area contributed by atoms with Gasteiger partial charge in [0, 0.05) is 48.6 Å². The van der Waals surface area contributed by atoms with Gasteiger partial charge in [0.2, 0.25) is 0 Å². The maximum Gasteiger partial charge on any atom is 0.266 e. The predicted molar refractivity (Wildman–Crippen MR) is 121 cm³/mol. The molecule has 4 rings (SSSR count). The lowest BCUT2D eigenvalue weighted by Crippen LogP contribution is -2.29. The van der Waals surface area contributed by atoms with E-state index in [0.29, 0.717) is 22.4 Å². The van der Waals surface area contributed by atoms with Crippen molar-refractivity contribution in [1.82, 2.24) is 9.47 Å². The van der Waals surface area contributed by atoms with Crippen molar-refractivity contribution < 1.29 is 9.53 Å². The lowest BCUT2D eigenvalue weighted by Gasteiger charge is -2.13. The number of thioether (sulfide) groups is 1. The minimum absolute atomic E-state index is 0.0119. The number of benzene rings is 2. The molecule has 0 N–H and O–H groups in total. The summed E-state index contributed by atoms with van der Waals surface area (Å²) < 4.78 is 8.02. The van der Waals surface area contributed by atoms with E-state index in [4.69, 9.17) is 17.0 Å². The number of nitrogens with zero attached hydrogens (tertiary/aromatic N) is 2. The van der Waals surface area contributed by atoms with Gasteiger partial charge in [-0.3, -0.25) is 9.69 Å². The summed E-state index contributed by atoms with van der Waals surface area (Å²) in [5, 5.41) is 2.45. The van der Waals surface area contributed by atoms with Crippen LogP contribution >= 0.6 is 24.0 Å². The fraction of sp³-hybridized carbons (Fsp3) is 0.273. The van der Waals surface area contributed by atoms with E-state index in [1.807, 2.05) is 6.08 Å². The Bertz CT molecular complexity index is 1100. The molecule has 0 radical (unpaired) electrons. The highest BCUT2D eigenvalue weighted by molar-refractivity contribution is 8.26. The Morgan fingerprint density at radius 2 is 1.93 bits per heavy atom. The van der Waals surface area contributed by atoms with Gasteiger partial charge in [-0.1, -0.05) is 48.2 Å². The fourth-order valence-electron chi connectivity index (χ4n) is 3.71. The minimum Gasteiger partial charge on any atom is -0.385 e. The highest BCUT2D eigenvalue weighted by atomic mass is 32.2. The average molecular weight is 411 g/mol. The van der Waals surface area contributed by atoms with Crippen LogP contribution in [0, 0.1) is 0 Å². The molecule has 1 fully saturated rings. The van der Waals surface area contributed by atoms with Crippen molar-refractivity contribution in [3.63, 3.8) is 0 Å². The number of hydrogen-bond acceptors (Lipinski definition) is 4. The highest BCUT2D eigenvalue weighted by Gasteiger charge is 2.31. The molecule has 2 heterocycles. The van der Waals surface area contributed by atoms with Crippen LogP contribution in [0.2, 0.25) is 0 Å². The van der Waals surface area contributed by atoms with Crippen LogP contribution in [0.3, 0.4) is 0 Å². The summed E-state index contributed by atoms with van der Waals surface area (Å²) in [4.78, 5) is 15.1. The average Bonchev–Trinajstić information content (AvgIpc) is 3.16. The van der Waals surface area contributed by atoms with E-state index in [9.17, 15) is 4.79 Å². The summed E-state index contributed by atoms with van der Waals surface area (Å²) in [7, 11) is 1.66. The summed E-state index contributed by atoms with van der Waals surface area (Å²) in [6.07, 6.45) is 2.73. The van der Waals surface area contributed by atoms with Crippen molar-refractivity contribution in [1.29, 1.82) is 0 Å². The van der Waals surface area contributed by atoms with Gasteiger partial charge in [-0.2, -0.15) is 0 Å². The lowest BCUT2D eigenvalue weighted by atomic mass is 10.1. The van der Waals surface area contributed by atoms with Gasteiger partial charge >= 0.3 is 0 Å². The van der Waals surface area contributed by atoms with E-state index in [1.54, 1.807) is 12.0 Å². The van der Waals surface area contributed by atoms with Crippen LogP contribution < -0.4 is 0 Å². The number of amides is 1. The summed E-state index contributed by atoms with van der Waals surface area (Å²) in [6.45, 7) is 4.30. The van der Waals surface area contributed by atoms with Gasteiger partial charge in [0.1, 0.15) is 4.32 Å². The van der Waals surface area contributed by atoms with Crippen molar-refractivity contribution in [2.24, 2.45) is 0 Å². The predicted octanol–water partition coefficient (Wildman–Crippen LogP) is 5.05. The zero-order valence-electron chi connectivity index (χ0n) is 16.0. The third-order valence-electron chi connectivity index (χ3n) is 5.01. The summed E-state index contributed by atoms with van der Waals surface area (Å²) in [5.41, 5.74) is 3.47. The number of aryl methyl sites for hydroxylation is 1. The number of methoxy groups -OCH3 is 1. The second-order valence-electron chi connectivity index (χ2n) is 6.72. The lowest BCUT2D eigenvalue weighted by molar-refractivity contribution is -0.122. The highest BCUT2D eigenvalue weighted by Crippen LogP contribution is 2.34. The Balaban J connectivity index is 1.69. The van der Waals surface area contributed by atoms with Crippen molar-refractivity contribution in [2.45, 2.75) is 19.9 Å². The Hall–Kier alpha value is -2.15. The molecule has 0 unspecified atom stereocenters. The molecule has 4 nitrogen and oxygen atoms in total. The van der Waals surface area contributed by atoms with Crippen LogP contribution in [-0.4, -0.2) is 40.0 Å². The van der Waals surface area contributed by atoms with Gasteiger partial charge in [0.25, 0.3) is 5.91 Å². The Labute approximate surface area is 174 Å². The SMILES string of the molecule is CCn1c2ccccc2c2cc(/C=C3\SC(=S)N(CCCOC)C3=O)ccc21. The molecule has 1 aliphatic rings. The summed E-state index contributed by atoms with van der Waals surface area (Å²) >= 11 is 6.78. The standard InChI is InChI=1S/C22H22N2O2S2/c1-3-23-18-8-5-4-7-16(18)17-13-15(9-10-19(17)23)14-20-21(25)24(22(27)28-20)11-6-12-26-2/h4-5,7-10,13-14H,3,6,11-12H2,1-2H3/b20-14-. The number of rotatable bonds is 6. The van der Waals surface area contributed by atoms with Gasteiger partial charge in [0.05, 0.1) is 4.91 Å². The maximum atomic E-state index is 12.7. The number of thiocarbonyl (C=S) groups is 1. The zero-order valence-corrected chi connectivity index (χ0v) is 17.6. The van der Waals surface area contributed by atoms with Crippen molar-refractivity contribution in [2.75, 3.05) is 20.3 Å². The van der Waals surface area contributed by atoms with Crippen molar-refractivity contribution >= 4 is 62.1 Å². The molecular formula is C22H22N2O2S2. The van der Waals surface area contributed by atoms with E-state index in [-0.39, 0.29) is 5.91 Å². The van der Waals surface area contributed by atoms with Crippen LogP contribution in [0.15, 0.2) is 47.4 Å². The third kappa shape index (κ3) is 3.36. The molecule has 1 aromatic heterocycles. The minimum atomic E-state index is -0.0119. The number of para-hydroxylation sites is 1. The van der Waals surface area contributed by atoms with Crippen LogP contribution in [0.5, 0.6) is 0 Å². The second-order valence-corrected chi connectivity index (χ2v) is 8.39. The van der Waals surface area contributed by atoms with E-state index >= 15 is 0 Å². The number of aromatic nitrogens is 1. The first kappa shape index (κ1) is 19.2. The first-order chi connectivity index (χ1) is 13.6.